The van der Waals surface area contributed by atoms with Crippen molar-refractivity contribution in [2.45, 2.75) is 19.9 Å². The Hall–Kier alpha value is -3.47. The minimum absolute atomic E-state index is 0.173. The highest BCUT2D eigenvalue weighted by molar-refractivity contribution is 5.86. The van der Waals surface area contributed by atoms with Crippen molar-refractivity contribution in [3.63, 3.8) is 0 Å². The van der Waals surface area contributed by atoms with Crippen LogP contribution in [0.1, 0.15) is 28.7 Å². The van der Waals surface area contributed by atoms with Crippen LogP contribution in [0.3, 0.4) is 0 Å². The molecule has 1 atom stereocenters. The summed E-state index contributed by atoms with van der Waals surface area (Å²) in [5.74, 6) is 1.02. The highest BCUT2D eigenvalue weighted by atomic mass is 16.3. The summed E-state index contributed by atoms with van der Waals surface area (Å²) in [6.45, 7) is 3.92. The number of phenolic OH excluding ortho intramolecular Hbond substituents is 1. The van der Waals surface area contributed by atoms with Gasteiger partial charge in [-0.2, -0.15) is 0 Å². The standard InChI is InChI=1S/C22H20N4O/c1-14-6-5-8-19(24-14)26-21(18-7-3-4-13-23-18)17-12-11-16-10-9-15(2)25-20(16)22(17)27/h3-13,21,27H,1-2H3,(H,24,26)/p+1/t21-/m1/s1. The van der Waals surface area contributed by atoms with Gasteiger partial charge in [0.2, 0.25) is 0 Å². The molecule has 0 bridgehead atoms. The lowest BCUT2D eigenvalue weighted by molar-refractivity contribution is -0.371. The van der Waals surface area contributed by atoms with Crippen LogP contribution in [0.15, 0.2) is 66.9 Å². The van der Waals surface area contributed by atoms with Gasteiger partial charge in [-0.1, -0.05) is 24.3 Å². The fraction of sp³-hybridized carbons (Fsp3) is 0.136. The number of aromatic amines is 1. The van der Waals surface area contributed by atoms with Crippen LogP contribution in [0, 0.1) is 13.8 Å². The van der Waals surface area contributed by atoms with E-state index in [9.17, 15) is 5.11 Å². The monoisotopic (exact) mass is 357 g/mol. The number of hydrogen-bond donors (Lipinski definition) is 2. The van der Waals surface area contributed by atoms with E-state index in [-0.39, 0.29) is 11.8 Å². The van der Waals surface area contributed by atoms with Crippen LogP contribution in [0.5, 0.6) is 5.75 Å². The van der Waals surface area contributed by atoms with Gasteiger partial charge in [-0.25, -0.2) is 9.97 Å². The second kappa shape index (κ2) is 7.03. The summed E-state index contributed by atoms with van der Waals surface area (Å²) < 4.78 is 0. The van der Waals surface area contributed by atoms with E-state index in [1.165, 1.54) is 0 Å². The van der Waals surface area contributed by atoms with E-state index in [2.05, 4.69) is 20.3 Å². The van der Waals surface area contributed by atoms with E-state index >= 15 is 0 Å². The van der Waals surface area contributed by atoms with Crippen molar-refractivity contribution in [2.24, 2.45) is 0 Å². The van der Waals surface area contributed by atoms with Crippen LogP contribution >= 0.6 is 0 Å². The third-order valence-corrected chi connectivity index (χ3v) is 4.54. The molecule has 4 aromatic rings. The number of aromatic nitrogens is 3. The summed E-state index contributed by atoms with van der Waals surface area (Å²) in [6.07, 6.45) is 1.75. The molecule has 0 saturated heterocycles. The third kappa shape index (κ3) is 3.44. The van der Waals surface area contributed by atoms with E-state index in [1.807, 2.05) is 74.5 Å². The third-order valence-electron chi connectivity index (χ3n) is 4.54. The largest absolute Gasteiger partial charge is 0.505 e. The number of anilines is 1. The molecule has 3 aromatic heterocycles. The Morgan fingerprint density at radius 2 is 1.81 bits per heavy atom. The number of aromatic hydroxyl groups is 1. The van der Waals surface area contributed by atoms with Gasteiger partial charge in [0.25, 0.3) is 5.82 Å². The van der Waals surface area contributed by atoms with Crippen LogP contribution in [-0.2, 0) is 0 Å². The molecule has 0 aliphatic heterocycles. The average Bonchev–Trinajstić information content (AvgIpc) is 2.68. The molecule has 1 aromatic carbocycles. The van der Waals surface area contributed by atoms with Gasteiger partial charge in [0.05, 0.1) is 11.4 Å². The Labute approximate surface area is 157 Å². The first-order chi connectivity index (χ1) is 13.1. The van der Waals surface area contributed by atoms with Gasteiger partial charge in [-0.15, -0.1) is 0 Å². The number of pyridine rings is 3. The molecule has 0 aliphatic rings. The molecule has 0 saturated carbocycles. The minimum atomic E-state index is -0.323. The van der Waals surface area contributed by atoms with Gasteiger partial charge in [0.1, 0.15) is 11.3 Å². The molecule has 134 valence electrons. The smallest absolute Gasteiger partial charge is 0.273 e. The van der Waals surface area contributed by atoms with E-state index in [1.54, 1.807) is 6.20 Å². The fourth-order valence-electron chi connectivity index (χ4n) is 3.20. The number of nitrogens with zero attached hydrogens (tertiary/aromatic N) is 2. The van der Waals surface area contributed by atoms with Gasteiger partial charge in [-0.3, -0.25) is 10.3 Å². The lowest BCUT2D eigenvalue weighted by atomic mass is 9.99. The first-order valence-electron chi connectivity index (χ1n) is 8.87. The van der Waals surface area contributed by atoms with Crippen molar-refractivity contribution in [1.29, 1.82) is 0 Å². The first-order valence-corrected chi connectivity index (χ1v) is 8.87. The summed E-state index contributed by atoms with van der Waals surface area (Å²) in [5, 5.41) is 15.4. The van der Waals surface area contributed by atoms with Crippen molar-refractivity contribution < 1.29 is 10.1 Å². The van der Waals surface area contributed by atoms with E-state index in [4.69, 9.17) is 0 Å². The second-order valence-corrected chi connectivity index (χ2v) is 6.61. The van der Waals surface area contributed by atoms with Crippen LogP contribution in [0.4, 0.5) is 5.82 Å². The summed E-state index contributed by atoms with van der Waals surface area (Å²) in [5.41, 5.74) is 4.05. The molecule has 3 heterocycles. The number of nitrogens with one attached hydrogen (secondary N) is 2. The molecule has 27 heavy (non-hydrogen) atoms. The Balaban J connectivity index is 1.86. The zero-order valence-electron chi connectivity index (χ0n) is 15.3. The number of hydrogen-bond acceptors (Lipinski definition) is 4. The summed E-state index contributed by atoms with van der Waals surface area (Å²) in [6, 6.07) is 19.2. The number of benzene rings is 1. The van der Waals surface area contributed by atoms with E-state index in [0.29, 0.717) is 5.52 Å². The number of fused-ring (bicyclic) bond motifs is 1. The SMILES string of the molecule is Cc1ccc2ccc([C@@H](Nc3cccc(C)[nH+]3)c3ccccn3)c(O)c2n1. The first kappa shape index (κ1) is 17.0. The molecular weight excluding hydrogens is 336 g/mol. The number of H-pyrrole nitrogens is 1. The molecular formula is C22H21N4O+. The normalized spacial score (nSPS) is 12.1. The maximum absolute atomic E-state index is 11.0. The highest BCUT2D eigenvalue weighted by Crippen LogP contribution is 2.35. The van der Waals surface area contributed by atoms with Crippen molar-refractivity contribution in [1.82, 2.24) is 9.97 Å². The molecule has 0 spiro atoms. The molecule has 0 amide bonds. The number of phenols is 1. The molecule has 0 fully saturated rings. The summed E-state index contributed by atoms with van der Waals surface area (Å²) in [4.78, 5) is 12.3. The Kier molecular flexibility index (Phi) is 4.42. The van der Waals surface area contributed by atoms with Gasteiger partial charge in [-0.05, 0) is 44.2 Å². The minimum Gasteiger partial charge on any atom is -0.505 e. The van der Waals surface area contributed by atoms with Gasteiger partial charge < -0.3 is 5.11 Å². The summed E-state index contributed by atoms with van der Waals surface area (Å²) >= 11 is 0. The topological polar surface area (TPSA) is 72.2 Å². The predicted molar refractivity (Wildman–Crippen MR) is 106 cm³/mol. The van der Waals surface area contributed by atoms with Crippen LogP contribution in [-0.4, -0.2) is 15.1 Å². The Morgan fingerprint density at radius 1 is 0.963 bits per heavy atom. The molecule has 0 aliphatic carbocycles. The highest BCUT2D eigenvalue weighted by Gasteiger charge is 2.25. The van der Waals surface area contributed by atoms with Crippen LogP contribution < -0.4 is 10.3 Å². The summed E-state index contributed by atoms with van der Waals surface area (Å²) in [7, 11) is 0. The molecule has 5 heteroatoms. The maximum atomic E-state index is 11.0. The van der Waals surface area contributed by atoms with E-state index in [0.717, 1.165) is 33.8 Å². The van der Waals surface area contributed by atoms with Crippen molar-refractivity contribution >= 4 is 16.7 Å². The molecule has 3 N–H and O–H groups in total. The zero-order valence-corrected chi connectivity index (χ0v) is 15.3. The predicted octanol–water partition coefficient (Wildman–Crippen LogP) is 3.97. The molecule has 0 radical (unpaired) electrons. The van der Waals surface area contributed by atoms with E-state index < -0.39 is 0 Å². The van der Waals surface area contributed by atoms with Crippen LogP contribution in [0.2, 0.25) is 0 Å². The van der Waals surface area contributed by atoms with Gasteiger partial charge in [0.15, 0.2) is 6.04 Å². The maximum Gasteiger partial charge on any atom is 0.273 e. The van der Waals surface area contributed by atoms with Crippen molar-refractivity contribution in [3.05, 3.63) is 89.5 Å². The average molecular weight is 357 g/mol. The molecule has 4 rings (SSSR count). The number of aryl methyl sites for hydroxylation is 2. The second-order valence-electron chi connectivity index (χ2n) is 6.61. The van der Waals surface area contributed by atoms with Gasteiger partial charge >= 0.3 is 0 Å². The Morgan fingerprint density at radius 3 is 2.59 bits per heavy atom. The fourth-order valence-corrected chi connectivity index (χ4v) is 3.20. The number of rotatable bonds is 4. The van der Waals surface area contributed by atoms with Gasteiger partial charge in [0, 0.05) is 28.9 Å². The van der Waals surface area contributed by atoms with Crippen LogP contribution in [0.25, 0.3) is 10.9 Å². The van der Waals surface area contributed by atoms with Crippen molar-refractivity contribution in [2.75, 3.05) is 5.32 Å². The Bertz CT molecular complexity index is 1100. The molecule has 0 unspecified atom stereocenters. The van der Waals surface area contributed by atoms with Crippen molar-refractivity contribution in [3.8, 4) is 5.75 Å². The quantitative estimate of drug-likeness (QED) is 0.580. The lowest BCUT2D eigenvalue weighted by Gasteiger charge is -2.17. The lowest BCUT2D eigenvalue weighted by Crippen LogP contribution is -2.21. The molecule has 5 nitrogen and oxygen atoms in total. The zero-order chi connectivity index (χ0) is 18.8.